The number of nitrogens with zero attached hydrogens (tertiary/aromatic N) is 2. The molecule has 1 heterocycles. The van der Waals surface area contributed by atoms with E-state index in [0.29, 0.717) is 30.5 Å². The Labute approximate surface area is 216 Å². The second-order valence-electron chi connectivity index (χ2n) is 8.15. The van der Waals surface area contributed by atoms with Crippen molar-refractivity contribution in [3.8, 4) is 17.2 Å². The number of hydrogen-bond acceptors (Lipinski definition) is 9. The maximum Gasteiger partial charge on any atom is 0.257 e. The molecule has 3 rings (SSSR count). The number of sulfone groups is 1. The van der Waals surface area contributed by atoms with Crippen molar-refractivity contribution in [2.75, 3.05) is 45.2 Å². The molecule has 1 atom stereocenters. The molecule has 0 saturated heterocycles. The fourth-order valence-electron chi connectivity index (χ4n) is 3.25. The first-order chi connectivity index (χ1) is 17.5. The second-order valence-corrected chi connectivity index (χ2v) is 12.7. The molecular formula is C24H30N3O8PS. The topological polar surface area (TPSA) is 135 Å². The van der Waals surface area contributed by atoms with Gasteiger partial charge >= 0.3 is 0 Å². The minimum Gasteiger partial charge on any atom is -0.491 e. The van der Waals surface area contributed by atoms with Crippen molar-refractivity contribution < 1.29 is 36.5 Å². The fraction of sp³-hybridized carbons (Fsp3) is 0.333. The molecule has 13 heteroatoms. The van der Waals surface area contributed by atoms with Crippen molar-refractivity contribution in [1.82, 2.24) is 9.78 Å². The molecule has 11 nitrogen and oxygen atoms in total. The average molecular weight is 552 g/mol. The van der Waals surface area contributed by atoms with Crippen LogP contribution in [0.1, 0.15) is 17.3 Å². The molecule has 1 N–H and O–H groups in total. The van der Waals surface area contributed by atoms with Crippen LogP contribution in [-0.2, 0) is 29.9 Å². The number of benzene rings is 2. The highest BCUT2D eigenvalue weighted by Gasteiger charge is 2.18. The standard InChI is InChI=1S/C24H30N3O8PS/c1-5-34-36(3,29)17-27-11-10-23(26-27)25-24(28)18-14-20(33-13-12-32-2)16-21(15-18)35-19-6-8-22(9-7-19)37(4,30)31/h6-11,14-16H,5,12-13,17H2,1-4H3,(H,25,26,28). The molecule has 1 aromatic heterocycles. The number of amides is 1. The van der Waals surface area contributed by atoms with E-state index in [2.05, 4.69) is 10.4 Å². The van der Waals surface area contributed by atoms with Gasteiger partial charge in [0.05, 0.1) is 18.1 Å². The number of methoxy groups -OCH3 is 1. The normalized spacial score (nSPS) is 13.1. The Kier molecular flexibility index (Phi) is 9.50. The molecule has 0 bridgehead atoms. The lowest BCUT2D eigenvalue weighted by atomic mass is 10.2. The number of nitrogens with one attached hydrogen (secondary N) is 1. The number of carbonyl (C=O) groups excluding carboxylic acids is 1. The van der Waals surface area contributed by atoms with Gasteiger partial charge in [-0.3, -0.25) is 14.0 Å². The summed E-state index contributed by atoms with van der Waals surface area (Å²) in [6, 6.07) is 12.2. The van der Waals surface area contributed by atoms with Gasteiger partial charge in [-0.1, -0.05) is 0 Å². The Morgan fingerprint density at radius 3 is 2.41 bits per heavy atom. The van der Waals surface area contributed by atoms with Crippen molar-refractivity contribution in [2.45, 2.75) is 18.1 Å². The number of aromatic nitrogens is 2. The number of carbonyl (C=O) groups is 1. The highest BCUT2D eigenvalue weighted by Crippen LogP contribution is 2.43. The zero-order valence-corrected chi connectivity index (χ0v) is 22.8. The summed E-state index contributed by atoms with van der Waals surface area (Å²) in [6.07, 6.45) is 2.80. The van der Waals surface area contributed by atoms with E-state index in [9.17, 15) is 17.8 Å². The zero-order chi connectivity index (χ0) is 27.1. The molecule has 0 aliphatic carbocycles. The van der Waals surface area contributed by atoms with E-state index in [4.69, 9.17) is 18.7 Å². The first-order valence-electron chi connectivity index (χ1n) is 11.3. The van der Waals surface area contributed by atoms with Gasteiger partial charge in [-0.25, -0.2) is 8.42 Å². The van der Waals surface area contributed by atoms with Crippen LogP contribution in [-0.4, -0.2) is 64.0 Å². The molecular weight excluding hydrogens is 521 g/mol. The Hall–Kier alpha value is -3.18. The molecule has 1 amide bonds. The van der Waals surface area contributed by atoms with Crippen molar-refractivity contribution in [2.24, 2.45) is 0 Å². The summed E-state index contributed by atoms with van der Waals surface area (Å²) in [5.41, 5.74) is 0.239. The van der Waals surface area contributed by atoms with Gasteiger partial charge in [-0.15, -0.1) is 0 Å². The molecule has 0 fully saturated rings. The smallest absolute Gasteiger partial charge is 0.257 e. The number of hydrogen-bond donors (Lipinski definition) is 1. The summed E-state index contributed by atoms with van der Waals surface area (Å²) >= 11 is 0. The van der Waals surface area contributed by atoms with E-state index < -0.39 is 23.1 Å². The third-order valence-corrected chi connectivity index (χ3v) is 7.61. The van der Waals surface area contributed by atoms with Crippen LogP contribution in [0.5, 0.6) is 17.2 Å². The Bertz CT molecular complexity index is 1370. The molecule has 2 aromatic carbocycles. The minimum atomic E-state index is -3.34. The van der Waals surface area contributed by atoms with Crippen LogP contribution in [0, 0.1) is 0 Å². The SMILES string of the molecule is CCOP(C)(=O)Cn1ccc(NC(=O)c2cc(OCCOC)cc(Oc3ccc(S(C)(=O)=O)cc3)c2)n1. The largest absolute Gasteiger partial charge is 0.491 e. The van der Waals surface area contributed by atoms with Crippen LogP contribution < -0.4 is 14.8 Å². The molecule has 37 heavy (non-hydrogen) atoms. The molecule has 0 saturated carbocycles. The molecule has 0 aliphatic heterocycles. The molecule has 1 unspecified atom stereocenters. The Balaban J connectivity index is 1.79. The number of rotatable bonds is 13. The molecule has 0 aliphatic rings. The van der Waals surface area contributed by atoms with Gasteiger partial charge in [0.15, 0.2) is 15.7 Å². The van der Waals surface area contributed by atoms with Gasteiger partial charge in [0.25, 0.3) is 5.91 Å². The van der Waals surface area contributed by atoms with Crippen LogP contribution in [0.25, 0.3) is 0 Å². The van der Waals surface area contributed by atoms with Gasteiger partial charge in [0.2, 0.25) is 7.37 Å². The van der Waals surface area contributed by atoms with Gasteiger partial charge in [0, 0.05) is 43.9 Å². The summed E-state index contributed by atoms with van der Waals surface area (Å²) in [6.45, 7) is 4.22. The van der Waals surface area contributed by atoms with Gasteiger partial charge < -0.3 is 24.1 Å². The van der Waals surface area contributed by atoms with Crippen LogP contribution >= 0.6 is 7.37 Å². The summed E-state index contributed by atoms with van der Waals surface area (Å²) in [7, 11) is -4.65. The predicted octanol–water partition coefficient (Wildman–Crippen LogP) is 4.26. The third kappa shape index (κ3) is 8.71. The summed E-state index contributed by atoms with van der Waals surface area (Å²) in [5.74, 6) is 0.864. The highest BCUT2D eigenvalue weighted by atomic mass is 32.2. The molecule has 0 radical (unpaired) electrons. The van der Waals surface area contributed by atoms with Crippen LogP contribution in [0.2, 0.25) is 0 Å². The average Bonchev–Trinajstić information content (AvgIpc) is 3.24. The van der Waals surface area contributed by atoms with E-state index in [1.807, 2.05) is 0 Å². The van der Waals surface area contributed by atoms with Crippen LogP contribution in [0.15, 0.2) is 59.6 Å². The third-order valence-electron chi connectivity index (χ3n) is 4.87. The first kappa shape index (κ1) is 28.4. The van der Waals surface area contributed by atoms with Crippen molar-refractivity contribution >= 4 is 28.9 Å². The van der Waals surface area contributed by atoms with E-state index in [1.165, 1.54) is 41.7 Å². The van der Waals surface area contributed by atoms with Gasteiger partial charge in [-0.05, 0) is 43.3 Å². The van der Waals surface area contributed by atoms with E-state index in [0.717, 1.165) is 6.26 Å². The van der Waals surface area contributed by atoms with Gasteiger partial charge in [0.1, 0.15) is 30.1 Å². The summed E-state index contributed by atoms with van der Waals surface area (Å²) < 4.78 is 59.1. The molecule has 0 spiro atoms. The predicted molar refractivity (Wildman–Crippen MR) is 139 cm³/mol. The Morgan fingerprint density at radius 2 is 1.76 bits per heavy atom. The fourth-order valence-corrected chi connectivity index (χ4v) is 5.19. The van der Waals surface area contributed by atoms with Crippen LogP contribution in [0.3, 0.4) is 0 Å². The van der Waals surface area contributed by atoms with Crippen LogP contribution in [0.4, 0.5) is 5.82 Å². The second kappa shape index (κ2) is 12.4. The van der Waals surface area contributed by atoms with E-state index in [1.54, 1.807) is 38.4 Å². The minimum absolute atomic E-state index is 0.0790. The van der Waals surface area contributed by atoms with Crippen molar-refractivity contribution in [3.05, 3.63) is 60.3 Å². The monoisotopic (exact) mass is 551 g/mol. The number of ether oxygens (including phenoxy) is 3. The summed E-state index contributed by atoms with van der Waals surface area (Å²) in [4.78, 5) is 13.2. The quantitative estimate of drug-likeness (QED) is 0.244. The first-order valence-corrected chi connectivity index (χ1v) is 15.4. The summed E-state index contributed by atoms with van der Waals surface area (Å²) in [5, 5.41) is 6.95. The maximum atomic E-state index is 13.0. The van der Waals surface area contributed by atoms with Gasteiger partial charge in [-0.2, -0.15) is 5.10 Å². The van der Waals surface area contributed by atoms with E-state index >= 15 is 0 Å². The maximum absolute atomic E-state index is 13.0. The lowest BCUT2D eigenvalue weighted by Crippen LogP contribution is -2.13. The number of anilines is 1. The molecule has 200 valence electrons. The van der Waals surface area contributed by atoms with Crippen molar-refractivity contribution in [3.63, 3.8) is 0 Å². The lowest BCUT2D eigenvalue weighted by Gasteiger charge is -2.13. The van der Waals surface area contributed by atoms with E-state index in [-0.39, 0.29) is 29.2 Å². The molecule has 3 aromatic rings. The zero-order valence-electron chi connectivity index (χ0n) is 21.0. The Morgan fingerprint density at radius 1 is 1.05 bits per heavy atom. The lowest BCUT2D eigenvalue weighted by molar-refractivity contribution is 0.102. The van der Waals surface area contributed by atoms with Crippen molar-refractivity contribution in [1.29, 1.82) is 0 Å². The highest BCUT2D eigenvalue weighted by molar-refractivity contribution is 7.90.